The van der Waals surface area contributed by atoms with E-state index in [-0.39, 0.29) is 6.04 Å². The van der Waals surface area contributed by atoms with E-state index in [4.69, 9.17) is 0 Å². The number of hydrogen-bond donors (Lipinski definition) is 0. The largest absolute Gasteiger partial charge is 0.333 e. The number of benzene rings is 2. The van der Waals surface area contributed by atoms with Crippen LogP contribution in [0.4, 0.5) is 11.4 Å². The van der Waals surface area contributed by atoms with Crippen LogP contribution >= 0.6 is 0 Å². The van der Waals surface area contributed by atoms with Crippen molar-refractivity contribution in [1.29, 1.82) is 0 Å². The molecule has 1 atom stereocenters. The minimum Gasteiger partial charge on any atom is -0.333 e. The molecular weight excluding hydrogens is 717 g/mol. The molecular formula is C48H32N10. The van der Waals surface area contributed by atoms with E-state index >= 15 is 0 Å². The third-order valence-corrected chi connectivity index (χ3v) is 11.5. The minimum atomic E-state index is 0.124. The highest BCUT2D eigenvalue weighted by Crippen LogP contribution is 2.39. The zero-order valence-electron chi connectivity index (χ0n) is 31.0. The quantitative estimate of drug-likeness (QED) is 0.167. The second-order valence-electron chi connectivity index (χ2n) is 14.6. The van der Waals surface area contributed by atoms with E-state index in [1.54, 1.807) is 0 Å². The highest BCUT2D eigenvalue weighted by Gasteiger charge is 2.22. The molecule has 1 aliphatic carbocycles. The topological polar surface area (TPSA) is 95.4 Å². The van der Waals surface area contributed by atoms with E-state index < -0.39 is 0 Å². The van der Waals surface area contributed by atoms with Gasteiger partial charge in [0.25, 0.3) is 0 Å². The van der Waals surface area contributed by atoms with E-state index in [9.17, 15) is 0 Å². The number of allylic oxidation sites excluding steroid dienone is 3. The summed E-state index contributed by atoms with van der Waals surface area (Å²) in [5.41, 5.74) is 12.0. The fourth-order valence-corrected chi connectivity index (χ4v) is 8.97. The van der Waals surface area contributed by atoms with E-state index in [1.165, 1.54) is 0 Å². The van der Waals surface area contributed by atoms with Crippen LogP contribution in [-0.2, 0) is 0 Å². The van der Waals surface area contributed by atoms with Crippen LogP contribution in [0.1, 0.15) is 12.5 Å². The molecule has 0 saturated carbocycles. The molecule has 9 heterocycles. The third kappa shape index (κ3) is 4.85. The Hall–Kier alpha value is -7.98. The van der Waals surface area contributed by atoms with Crippen molar-refractivity contribution in [2.45, 2.75) is 12.5 Å². The van der Waals surface area contributed by atoms with Gasteiger partial charge in [0.15, 0.2) is 0 Å². The number of nitrogens with zero attached hydrogens (tertiary/aromatic N) is 10. The zero-order valence-corrected chi connectivity index (χ0v) is 31.0. The Labute approximate surface area is 331 Å². The average molecular weight is 749 g/mol. The van der Waals surface area contributed by atoms with Crippen molar-refractivity contribution in [3.05, 3.63) is 183 Å². The molecule has 10 heteroatoms. The maximum absolute atomic E-state index is 4.44. The summed E-state index contributed by atoms with van der Waals surface area (Å²) in [5.74, 6) is 0. The first-order chi connectivity index (χ1) is 28.8. The maximum Gasteiger partial charge on any atom is 0.0572 e. The summed E-state index contributed by atoms with van der Waals surface area (Å²) < 4.78 is 6.99. The SMILES string of the molecule is C1=CC(n2c3ccncc3c3cnccc32)CC=C1N(c1ccc(-n2c3ccncc3c3cnccc32)cc1)c1ccc(-n2c3ccncc3c3cnccc32)cc1. The number of pyridine rings is 6. The number of aromatic nitrogens is 9. The van der Waals surface area contributed by atoms with Gasteiger partial charge in [0.05, 0.1) is 39.1 Å². The summed E-state index contributed by atoms with van der Waals surface area (Å²) in [6.07, 6.45) is 30.5. The molecule has 2 aromatic carbocycles. The molecule has 0 spiro atoms. The van der Waals surface area contributed by atoms with Crippen molar-refractivity contribution in [3.63, 3.8) is 0 Å². The summed E-state index contributed by atoms with van der Waals surface area (Å²) in [6.45, 7) is 0. The van der Waals surface area contributed by atoms with Crippen molar-refractivity contribution in [3.8, 4) is 11.4 Å². The van der Waals surface area contributed by atoms with Gasteiger partial charge in [-0.2, -0.15) is 0 Å². The van der Waals surface area contributed by atoms with Crippen LogP contribution in [-0.4, -0.2) is 43.6 Å². The van der Waals surface area contributed by atoms with Crippen LogP contribution in [0, 0.1) is 0 Å². The first-order valence-electron chi connectivity index (χ1n) is 19.2. The van der Waals surface area contributed by atoms with E-state index in [0.717, 1.165) is 100 Å². The summed E-state index contributed by atoms with van der Waals surface area (Å²) in [6, 6.07) is 30.3. The second kappa shape index (κ2) is 12.8. The normalized spacial score (nSPS) is 14.3. The van der Waals surface area contributed by atoms with Crippen LogP contribution < -0.4 is 4.90 Å². The highest BCUT2D eigenvalue weighted by molar-refractivity contribution is 6.10. The Morgan fingerprint density at radius 3 is 1.10 bits per heavy atom. The summed E-state index contributed by atoms with van der Waals surface area (Å²) >= 11 is 0. The van der Waals surface area contributed by atoms with Gasteiger partial charge in [0.1, 0.15) is 0 Å². The summed E-state index contributed by atoms with van der Waals surface area (Å²) in [5, 5.41) is 6.54. The van der Waals surface area contributed by atoms with Gasteiger partial charge in [-0.15, -0.1) is 0 Å². The van der Waals surface area contributed by atoms with Gasteiger partial charge in [-0.1, -0.05) is 12.2 Å². The van der Waals surface area contributed by atoms with Gasteiger partial charge < -0.3 is 18.6 Å². The van der Waals surface area contributed by atoms with Crippen molar-refractivity contribution in [1.82, 2.24) is 43.6 Å². The van der Waals surface area contributed by atoms with Crippen LogP contribution in [0.5, 0.6) is 0 Å². The molecule has 12 rings (SSSR count). The number of rotatable bonds is 6. The van der Waals surface area contributed by atoms with Crippen LogP contribution in [0.15, 0.2) is 183 Å². The van der Waals surface area contributed by atoms with Crippen molar-refractivity contribution in [2.75, 3.05) is 4.90 Å². The van der Waals surface area contributed by atoms with Gasteiger partial charge in [0, 0.05) is 135 Å². The molecule has 0 bridgehead atoms. The lowest BCUT2D eigenvalue weighted by molar-refractivity contribution is 0.643. The molecule has 58 heavy (non-hydrogen) atoms. The Balaban J connectivity index is 0.968. The molecule has 1 aliphatic rings. The molecule has 11 aromatic rings. The fraction of sp³-hybridized carbons (Fsp3) is 0.0417. The summed E-state index contributed by atoms with van der Waals surface area (Å²) in [7, 11) is 0. The van der Waals surface area contributed by atoms with E-state index in [2.05, 4.69) is 152 Å². The molecule has 0 radical (unpaired) electrons. The third-order valence-electron chi connectivity index (χ3n) is 11.5. The van der Waals surface area contributed by atoms with Crippen molar-refractivity contribution < 1.29 is 0 Å². The Bertz CT molecular complexity index is 3130. The molecule has 0 fully saturated rings. The van der Waals surface area contributed by atoms with Gasteiger partial charge in [-0.05, 0) is 97.4 Å². The van der Waals surface area contributed by atoms with E-state index in [0.29, 0.717) is 0 Å². The highest BCUT2D eigenvalue weighted by atomic mass is 15.2. The lowest BCUT2D eigenvalue weighted by Gasteiger charge is -2.30. The first kappa shape index (κ1) is 32.3. The molecule has 0 N–H and O–H groups in total. The molecule has 0 aliphatic heterocycles. The standard InChI is InChI=1S/C48H32N10/c1-7-34(56-43-13-19-49-25-37(43)38-26-50-20-14-44(38)56)8-2-31(1)55(32-3-9-35(10-4-32)57-45-15-21-51-27-39(45)40-28-52-22-16-46(40)57)33-5-11-36(12-6-33)58-47-17-23-53-29-41(47)42-30-54-24-18-48(42)58/h1-11,13-30,36H,12H2. The fourth-order valence-electron chi connectivity index (χ4n) is 8.97. The molecule has 0 saturated heterocycles. The Kier molecular flexibility index (Phi) is 7.12. The Morgan fingerprint density at radius 2 is 0.759 bits per heavy atom. The average Bonchev–Trinajstić information content (AvgIpc) is 3.93. The first-order valence-corrected chi connectivity index (χ1v) is 19.2. The molecule has 274 valence electrons. The van der Waals surface area contributed by atoms with Crippen molar-refractivity contribution >= 4 is 76.8 Å². The molecule has 10 nitrogen and oxygen atoms in total. The second-order valence-corrected chi connectivity index (χ2v) is 14.6. The summed E-state index contributed by atoms with van der Waals surface area (Å²) in [4.78, 5) is 28.9. The van der Waals surface area contributed by atoms with Crippen LogP contribution in [0.2, 0.25) is 0 Å². The predicted octanol–water partition coefficient (Wildman–Crippen LogP) is 10.6. The number of anilines is 2. The number of hydrogen-bond acceptors (Lipinski definition) is 7. The van der Waals surface area contributed by atoms with Gasteiger partial charge in [0.2, 0.25) is 0 Å². The van der Waals surface area contributed by atoms with Crippen molar-refractivity contribution in [2.24, 2.45) is 0 Å². The smallest absolute Gasteiger partial charge is 0.0572 e. The van der Waals surface area contributed by atoms with Gasteiger partial charge >= 0.3 is 0 Å². The van der Waals surface area contributed by atoms with Gasteiger partial charge in [-0.25, -0.2) is 0 Å². The zero-order chi connectivity index (χ0) is 38.2. The lowest BCUT2D eigenvalue weighted by atomic mass is 10.0. The maximum atomic E-state index is 4.44. The predicted molar refractivity (Wildman–Crippen MR) is 231 cm³/mol. The molecule has 0 amide bonds. The molecule has 9 aromatic heterocycles. The molecule has 1 unspecified atom stereocenters. The van der Waals surface area contributed by atoms with Crippen LogP contribution in [0.3, 0.4) is 0 Å². The monoisotopic (exact) mass is 748 g/mol. The number of fused-ring (bicyclic) bond motifs is 9. The van der Waals surface area contributed by atoms with Crippen LogP contribution in [0.25, 0.3) is 76.8 Å². The van der Waals surface area contributed by atoms with E-state index in [1.807, 2.05) is 74.4 Å². The minimum absolute atomic E-state index is 0.124. The Morgan fingerprint density at radius 1 is 0.414 bits per heavy atom. The lowest BCUT2D eigenvalue weighted by Crippen LogP contribution is -2.18. The van der Waals surface area contributed by atoms with Gasteiger partial charge in [-0.3, -0.25) is 29.9 Å².